The molecule has 0 fully saturated rings. The first-order chi connectivity index (χ1) is 11.7. The molecule has 8 nitrogen and oxygen atoms in total. The second-order valence-electron chi connectivity index (χ2n) is 4.87. The average molecular weight is 322 g/mol. The molecule has 0 bridgehead atoms. The number of hydrogen-bond acceptors (Lipinski definition) is 5. The Balaban J connectivity index is 1.70. The summed E-state index contributed by atoms with van der Waals surface area (Å²) in [6.45, 7) is 1.75. The maximum absolute atomic E-state index is 12.2. The number of rotatable bonds is 3. The second-order valence-corrected chi connectivity index (χ2v) is 4.87. The molecule has 0 aromatic carbocycles. The van der Waals surface area contributed by atoms with E-state index in [1.807, 2.05) is 6.07 Å². The minimum Gasteiger partial charge on any atom is -0.267 e. The van der Waals surface area contributed by atoms with Gasteiger partial charge in [0.25, 0.3) is 11.8 Å². The number of nitrogens with one attached hydrogen (secondary N) is 2. The molecule has 2 N–H and O–H groups in total. The van der Waals surface area contributed by atoms with E-state index in [9.17, 15) is 9.59 Å². The lowest BCUT2D eigenvalue weighted by Crippen LogP contribution is -2.42. The van der Waals surface area contributed by atoms with E-state index < -0.39 is 11.8 Å². The largest absolute Gasteiger partial charge is 0.288 e. The van der Waals surface area contributed by atoms with Crippen LogP contribution in [-0.2, 0) is 0 Å². The topological polar surface area (TPSA) is 102 Å². The van der Waals surface area contributed by atoms with Crippen molar-refractivity contribution in [2.75, 3.05) is 0 Å². The zero-order valence-electron chi connectivity index (χ0n) is 12.8. The summed E-state index contributed by atoms with van der Waals surface area (Å²) in [6.07, 6.45) is 4.56. The fourth-order valence-electron chi connectivity index (χ4n) is 2.08. The van der Waals surface area contributed by atoms with E-state index in [0.717, 1.165) is 0 Å². The lowest BCUT2D eigenvalue weighted by molar-refractivity contribution is 0.0843. The molecule has 0 saturated carbocycles. The van der Waals surface area contributed by atoms with E-state index in [1.165, 1.54) is 12.4 Å². The molecular weight excluding hydrogens is 308 g/mol. The van der Waals surface area contributed by atoms with E-state index in [2.05, 4.69) is 25.9 Å². The minimum absolute atomic E-state index is 0.207. The Morgan fingerprint density at radius 2 is 1.67 bits per heavy atom. The maximum atomic E-state index is 12.2. The Morgan fingerprint density at radius 1 is 0.958 bits per heavy atom. The van der Waals surface area contributed by atoms with Gasteiger partial charge in [-0.3, -0.25) is 25.4 Å². The van der Waals surface area contributed by atoms with Gasteiger partial charge in [-0.1, -0.05) is 12.1 Å². The van der Waals surface area contributed by atoms with Gasteiger partial charge in [0.15, 0.2) is 5.82 Å². The van der Waals surface area contributed by atoms with Crippen molar-refractivity contribution in [3.05, 3.63) is 71.9 Å². The molecule has 0 aliphatic carbocycles. The van der Waals surface area contributed by atoms with Gasteiger partial charge in [-0.25, -0.2) is 9.67 Å². The molecule has 0 saturated heterocycles. The summed E-state index contributed by atoms with van der Waals surface area (Å²) >= 11 is 0. The fourth-order valence-corrected chi connectivity index (χ4v) is 2.08. The summed E-state index contributed by atoms with van der Waals surface area (Å²) in [5, 5.41) is 4.16. The number of hydrogen-bond donors (Lipinski definition) is 2. The lowest BCUT2D eigenvalue weighted by atomic mass is 10.2. The second kappa shape index (κ2) is 6.69. The third-order valence-electron chi connectivity index (χ3n) is 3.31. The molecule has 0 aliphatic heterocycles. The van der Waals surface area contributed by atoms with Gasteiger partial charge in [0, 0.05) is 12.4 Å². The Kier molecular flexibility index (Phi) is 4.28. The van der Waals surface area contributed by atoms with E-state index in [-0.39, 0.29) is 5.69 Å². The number of amides is 2. The van der Waals surface area contributed by atoms with Gasteiger partial charge >= 0.3 is 0 Å². The summed E-state index contributed by atoms with van der Waals surface area (Å²) in [4.78, 5) is 32.2. The van der Waals surface area contributed by atoms with Gasteiger partial charge < -0.3 is 0 Å². The van der Waals surface area contributed by atoms with Gasteiger partial charge in [-0.15, -0.1) is 0 Å². The van der Waals surface area contributed by atoms with Crippen LogP contribution in [0.4, 0.5) is 0 Å². The number of aromatic nitrogens is 4. The smallest absolute Gasteiger partial charge is 0.267 e. The van der Waals surface area contributed by atoms with Crippen LogP contribution >= 0.6 is 0 Å². The Labute approximate surface area is 137 Å². The highest BCUT2D eigenvalue weighted by atomic mass is 16.2. The van der Waals surface area contributed by atoms with Crippen molar-refractivity contribution in [1.82, 2.24) is 30.6 Å². The van der Waals surface area contributed by atoms with Crippen LogP contribution in [0.2, 0.25) is 0 Å². The molecule has 0 spiro atoms. The summed E-state index contributed by atoms with van der Waals surface area (Å²) in [5.74, 6) is -0.371. The van der Waals surface area contributed by atoms with Gasteiger partial charge in [0.2, 0.25) is 0 Å². The van der Waals surface area contributed by atoms with Crippen LogP contribution in [0, 0.1) is 6.92 Å². The standard InChI is InChI=1S/C16H14N6O2/c1-11-12(10-19-22(11)14-7-3-5-9-18-14)15(23)20-21-16(24)13-6-2-4-8-17-13/h2-10H,1H3,(H,20,23)(H,21,24). The summed E-state index contributed by atoms with van der Waals surface area (Å²) in [7, 11) is 0. The molecule has 0 unspecified atom stereocenters. The van der Waals surface area contributed by atoms with Gasteiger partial charge in [-0.05, 0) is 31.2 Å². The van der Waals surface area contributed by atoms with Crippen molar-refractivity contribution in [3.8, 4) is 5.82 Å². The molecular formula is C16H14N6O2. The number of carbonyl (C=O) groups excluding carboxylic acids is 2. The number of nitrogens with zero attached hydrogens (tertiary/aromatic N) is 4. The van der Waals surface area contributed by atoms with Crippen molar-refractivity contribution in [3.63, 3.8) is 0 Å². The maximum Gasteiger partial charge on any atom is 0.288 e. The van der Waals surface area contributed by atoms with E-state index in [4.69, 9.17) is 0 Å². The molecule has 3 aromatic rings. The zero-order valence-corrected chi connectivity index (χ0v) is 12.8. The molecule has 8 heteroatoms. The van der Waals surface area contributed by atoms with Gasteiger partial charge in [-0.2, -0.15) is 5.10 Å². The van der Waals surface area contributed by atoms with Crippen molar-refractivity contribution >= 4 is 11.8 Å². The molecule has 3 aromatic heterocycles. The molecule has 0 aliphatic rings. The third-order valence-corrected chi connectivity index (χ3v) is 3.31. The van der Waals surface area contributed by atoms with Crippen molar-refractivity contribution in [2.45, 2.75) is 6.92 Å². The monoisotopic (exact) mass is 322 g/mol. The normalized spacial score (nSPS) is 10.2. The van der Waals surface area contributed by atoms with E-state index in [1.54, 1.807) is 48.1 Å². The molecule has 120 valence electrons. The predicted molar refractivity (Wildman–Crippen MR) is 85.3 cm³/mol. The Hall–Kier alpha value is -3.55. The van der Waals surface area contributed by atoms with Gasteiger partial charge in [0.05, 0.1) is 17.5 Å². The van der Waals surface area contributed by atoms with Crippen molar-refractivity contribution < 1.29 is 9.59 Å². The van der Waals surface area contributed by atoms with Gasteiger partial charge in [0.1, 0.15) is 5.69 Å². The van der Waals surface area contributed by atoms with Crippen LogP contribution in [0.25, 0.3) is 5.82 Å². The lowest BCUT2D eigenvalue weighted by Gasteiger charge is -2.07. The highest BCUT2D eigenvalue weighted by Gasteiger charge is 2.16. The minimum atomic E-state index is -0.501. The quantitative estimate of drug-likeness (QED) is 0.702. The number of hydrazine groups is 1. The van der Waals surface area contributed by atoms with Crippen LogP contribution in [-0.4, -0.2) is 31.6 Å². The SMILES string of the molecule is Cc1c(C(=O)NNC(=O)c2ccccn2)cnn1-c1ccccn1. The summed E-state index contributed by atoms with van der Waals surface area (Å²) in [5.41, 5.74) is 5.82. The molecule has 24 heavy (non-hydrogen) atoms. The van der Waals surface area contributed by atoms with E-state index >= 15 is 0 Å². The molecule has 3 rings (SSSR count). The summed E-state index contributed by atoms with van der Waals surface area (Å²) in [6, 6.07) is 10.3. The number of carbonyl (C=O) groups is 2. The molecule has 0 radical (unpaired) electrons. The third kappa shape index (κ3) is 3.12. The first-order valence-corrected chi connectivity index (χ1v) is 7.14. The predicted octanol–water partition coefficient (Wildman–Crippen LogP) is 1.05. The first kappa shape index (κ1) is 15.3. The van der Waals surface area contributed by atoms with Crippen molar-refractivity contribution in [1.29, 1.82) is 0 Å². The Morgan fingerprint density at radius 3 is 2.33 bits per heavy atom. The summed E-state index contributed by atoms with van der Waals surface area (Å²) < 4.78 is 1.55. The van der Waals surface area contributed by atoms with Crippen LogP contribution in [0.3, 0.4) is 0 Å². The van der Waals surface area contributed by atoms with Crippen LogP contribution in [0.15, 0.2) is 55.0 Å². The average Bonchev–Trinajstić information content (AvgIpc) is 3.02. The Bertz CT molecular complexity index is 861. The van der Waals surface area contributed by atoms with Crippen LogP contribution < -0.4 is 10.9 Å². The molecule has 0 atom stereocenters. The molecule has 3 heterocycles. The highest BCUT2D eigenvalue weighted by molar-refractivity contribution is 5.98. The van der Waals surface area contributed by atoms with E-state index in [0.29, 0.717) is 17.1 Å². The zero-order chi connectivity index (χ0) is 16.9. The number of pyridine rings is 2. The van der Waals surface area contributed by atoms with Crippen LogP contribution in [0.1, 0.15) is 26.5 Å². The first-order valence-electron chi connectivity index (χ1n) is 7.14. The van der Waals surface area contributed by atoms with Crippen molar-refractivity contribution in [2.24, 2.45) is 0 Å². The fraction of sp³-hybridized carbons (Fsp3) is 0.0625. The molecule has 2 amide bonds. The highest BCUT2D eigenvalue weighted by Crippen LogP contribution is 2.11. The van der Waals surface area contributed by atoms with Crippen LogP contribution in [0.5, 0.6) is 0 Å².